The zero-order valence-corrected chi connectivity index (χ0v) is 9.69. The second-order valence-corrected chi connectivity index (χ2v) is 5.90. The van der Waals surface area contributed by atoms with E-state index in [0.29, 0.717) is 5.41 Å². The first-order chi connectivity index (χ1) is 5.97. The second kappa shape index (κ2) is 4.45. The smallest absolute Gasteiger partial charge is 0.00674 e. The van der Waals surface area contributed by atoms with Crippen LogP contribution in [0.15, 0.2) is 0 Å². The summed E-state index contributed by atoms with van der Waals surface area (Å²) in [6, 6.07) is 0.801. The minimum absolute atomic E-state index is 0.434. The molecule has 0 aromatic rings. The summed E-state index contributed by atoms with van der Waals surface area (Å²) in [4.78, 5) is 0. The normalized spacial score (nSPS) is 30.5. The van der Waals surface area contributed by atoms with Crippen LogP contribution in [0.25, 0.3) is 0 Å². The molecule has 0 amide bonds. The Labute approximate surface area is 83.3 Å². The lowest BCUT2D eigenvalue weighted by molar-refractivity contribution is 0.274. The van der Waals surface area contributed by atoms with E-state index in [-0.39, 0.29) is 0 Å². The Kier molecular flexibility index (Phi) is 3.78. The molecule has 1 aliphatic carbocycles. The van der Waals surface area contributed by atoms with Crippen LogP contribution in [0.5, 0.6) is 0 Å². The molecule has 1 saturated carbocycles. The molecule has 0 aromatic carbocycles. The van der Waals surface area contributed by atoms with E-state index in [1.807, 2.05) is 0 Å². The van der Waals surface area contributed by atoms with Crippen LogP contribution in [0, 0.1) is 11.3 Å². The largest absolute Gasteiger partial charge is 0.313 e. The molecule has 0 radical (unpaired) electrons. The highest BCUT2D eigenvalue weighted by atomic mass is 14.9. The third-order valence-electron chi connectivity index (χ3n) is 2.94. The van der Waals surface area contributed by atoms with Crippen LogP contribution in [-0.4, -0.2) is 12.6 Å². The SMILES string of the molecule is CC1CCC(NCC(C)(C)C)CC1. The van der Waals surface area contributed by atoms with Gasteiger partial charge < -0.3 is 5.32 Å². The Morgan fingerprint density at radius 2 is 1.62 bits per heavy atom. The summed E-state index contributed by atoms with van der Waals surface area (Å²) < 4.78 is 0. The van der Waals surface area contributed by atoms with Gasteiger partial charge in [-0.25, -0.2) is 0 Å². The van der Waals surface area contributed by atoms with Crippen LogP contribution in [0.4, 0.5) is 0 Å². The second-order valence-electron chi connectivity index (χ2n) is 5.90. The fourth-order valence-corrected chi connectivity index (χ4v) is 1.91. The molecule has 0 heterocycles. The molecule has 1 heteroatoms. The molecule has 0 bridgehead atoms. The topological polar surface area (TPSA) is 12.0 Å². The van der Waals surface area contributed by atoms with E-state index < -0.39 is 0 Å². The molecule has 0 spiro atoms. The van der Waals surface area contributed by atoms with Gasteiger partial charge in [-0.2, -0.15) is 0 Å². The van der Waals surface area contributed by atoms with Crippen LogP contribution in [0.3, 0.4) is 0 Å². The zero-order valence-electron chi connectivity index (χ0n) is 9.69. The maximum Gasteiger partial charge on any atom is 0.00674 e. The summed E-state index contributed by atoms with van der Waals surface area (Å²) in [7, 11) is 0. The van der Waals surface area contributed by atoms with Crippen molar-refractivity contribution in [2.24, 2.45) is 11.3 Å². The molecular formula is C12H25N. The van der Waals surface area contributed by atoms with Gasteiger partial charge in [0.1, 0.15) is 0 Å². The summed E-state index contributed by atoms with van der Waals surface area (Å²) in [5, 5.41) is 3.68. The molecule has 78 valence electrons. The Morgan fingerprint density at radius 3 is 2.08 bits per heavy atom. The quantitative estimate of drug-likeness (QED) is 0.693. The molecule has 1 fully saturated rings. The molecule has 1 rings (SSSR count). The molecule has 1 aliphatic rings. The van der Waals surface area contributed by atoms with Crippen molar-refractivity contribution >= 4 is 0 Å². The van der Waals surface area contributed by atoms with E-state index in [2.05, 4.69) is 33.0 Å². The first-order valence-electron chi connectivity index (χ1n) is 5.71. The predicted octanol–water partition coefficient (Wildman–Crippen LogP) is 3.20. The zero-order chi connectivity index (χ0) is 9.90. The molecular weight excluding hydrogens is 158 g/mol. The standard InChI is InChI=1S/C12H25N/c1-10-5-7-11(8-6-10)13-9-12(2,3)4/h10-11,13H,5-9H2,1-4H3. The summed E-state index contributed by atoms with van der Waals surface area (Å²) in [6.45, 7) is 10.4. The van der Waals surface area contributed by atoms with Gasteiger partial charge in [0, 0.05) is 12.6 Å². The average Bonchev–Trinajstić information content (AvgIpc) is 2.02. The Morgan fingerprint density at radius 1 is 1.08 bits per heavy atom. The van der Waals surface area contributed by atoms with E-state index in [9.17, 15) is 0 Å². The van der Waals surface area contributed by atoms with Gasteiger partial charge in [-0.1, -0.05) is 27.7 Å². The third kappa shape index (κ3) is 4.66. The van der Waals surface area contributed by atoms with Crippen molar-refractivity contribution in [2.45, 2.75) is 59.4 Å². The first-order valence-corrected chi connectivity index (χ1v) is 5.71. The van der Waals surface area contributed by atoms with Crippen molar-refractivity contribution in [3.63, 3.8) is 0 Å². The van der Waals surface area contributed by atoms with E-state index in [4.69, 9.17) is 0 Å². The average molecular weight is 183 g/mol. The molecule has 1 nitrogen and oxygen atoms in total. The van der Waals surface area contributed by atoms with Crippen LogP contribution in [0.1, 0.15) is 53.4 Å². The van der Waals surface area contributed by atoms with Crippen molar-refractivity contribution in [3.05, 3.63) is 0 Å². The summed E-state index contributed by atoms with van der Waals surface area (Å²) in [5.74, 6) is 0.965. The maximum absolute atomic E-state index is 3.68. The number of rotatable bonds is 2. The van der Waals surface area contributed by atoms with E-state index in [0.717, 1.165) is 18.5 Å². The molecule has 13 heavy (non-hydrogen) atoms. The van der Waals surface area contributed by atoms with Gasteiger partial charge in [-0.05, 0) is 37.0 Å². The lowest BCUT2D eigenvalue weighted by Gasteiger charge is -2.30. The fourth-order valence-electron chi connectivity index (χ4n) is 1.91. The van der Waals surface area contributed by atoms with Gasteiger partial charge >= 0.3 is 0 Å². The van der Waals surface area contributed by atoms with Crippen LogP contribution in [0.2, 0.25) is 0 Å². The number of hydrogen-bond donors (Lipinski definition) is 1. The van der Waals surface area contributed by atoms with Crippen molar-refractivity contribution < 1.29 is 0 Å². The minimum atomic E-state index is 0.434. The van der Waals surface area contributed by atoms with E-state index >= 15 is 0 Å². The molecule has 0 atom stereocenters. The van der Waals surface area contributed by atoms with Crippen LogP contribution < -0.4 is 5.32 Å². The number of nitrogens with one attached hydrogen (secondary N) is 1. The van der Waals surface area contributed by atoms with Crippen LogP contribution >= 0.6 is 0 Å². The van der Waals surface area contributed by atoms with E-state index in [1.165, 1.54) is 25.7 Å². The highest BCUT2D eigenvalue weighted by molar-refractivity contribution is 4.77. The van der Waals surface area contributed by atoms with Crippen LogP contribution in [-0.2, 0) is 0 Å². The minimum Gasteiger partial charge on any atom is -0.313 e. The monoisotopic (exact) mass is 183 g/mol. The molecule has 1 N–H and O–H groups in total. The Balaban J connectivity index is 2.16. The third-order valence-corrected chi connectivity index (χ3v) is 2.94. The highest BCUT2D eigenvalue weighted by Crippen LogP contribution is 2.24. The summed E-state index contributed by atoms with van der Waals surface area (Å²) in [6.07, 6.45) is 5.61. The van der Waals surface area contributed by atoms with Crippen molar-refractivity contribution in [2.75, 3.05) is 6.54 Å². The van der Waals surface area contributed by atoms with Crippen molar-refractivity contribution in [1.29, 1.82) is 0 Å². The van der Waals surface area contributed by atoms with E-state index in [1.54, 1.807) is 0 Å². The van der Waals surface area contributed by atoms with Gasteiger partial charge in [0.05, 0.1) is 0 Å². The maximum atomic E-state index is 3.68. The van der Waals surface area contributed by atoms with Gasteiger partial charge in [-0.3, -0.25) is 0 Å². The number of hydrogen-bond acceptors (Lipinski definition) is 1. The first kappa shape index (κ1) is 11.0. The summed E-state index contributed by atoms with van der Waals surface area (Å²) >= 11 is 0. The van der Waals surface area contributed by atoms with Gasteiger partial charge in [0.2, 0.25) is 0 Å². The molecule has 0 aliphatic heterocycles. The fraction of sp³-hybridized carbons (Fsp3) is 1.00. The van der Waals surface area contributed by atoms with Gasteiger partial charge in [0.15, 0.2) is 0 Å². The predicted molar refractivity (Wildman–Crippen MR) is 58.9 cm³/mol. The van der Waals surface area contributed by atoms with Gasteiger partial charge in [0.25, 0.3) is 0 Å². The Hall–Kier alpha value is -0.0400. The summed E-state index contributed by atoms with van der Waals surface area (Å²) in [5.41, 5.74) is 0.434. The van der Waals surface area contributed by atoms with Crippen molar-refractivity contribution in [1.82, 2.24) is 5.32 Å². The lowest BCUT2D eigenvalue weighted by atomic mass is 9.86. The molecule has 0 unspecified atom stereocenters. The van der Waals surface area contributed by atoms with Gasteiger partial charge in [-0.15, -0.1) is 0 Å². The van der Waals surface area contributed by atoms with Crippen molar-refractivity contribution in [3.8, 4) is 0 Å². The molecule has 0 aromatic heterocycles. The lowest BCUT2D eigenvalue weighted by Crippen LogP contribution is -2.37. The highest BCUT2D eigenvalue weighted by Gasteiger charge is 2.19. The molecule has 0 saturated heterocycles. The Bertz CT molecular complexity index is 138.